The lowest BCUT2D eigenvalue weighted by Gasteiger charge is -2.06. The van der Waals surface area contributed by atoms with Crippen LogP contribution >= 0.6 is 11.8 Å². The van der Waals surface area contributed by atoms with Crippen LogP contribution in [0.1, 0.15) is 5.82 Å². The van der Waals surface area contributed by atoms with Crippen molar-refractivity contribution in [3.63, 3.8) is 0 Å². The number of aryl methyl sites for hydroxylation is 1. The molecule has 5 nitrogen and oxygen atoms in total. The molecule has 0 atom stereocenters. The molecule has 1 aromatic heterocycles. The number of thioether (sulfide) groups is 1. The lowest BCUT2D eigenvalue weighted by molar-refractivity contribution is -0.0327. The van der Waals surface area contributed by atoms with Gasteiger partial charge in [0.25, 0.3) is 10.0 Å². The third-order valence-corrected chi connectivity index (χ3v) is 3.74. The van der Waals surface area contributed by atoms with E-state index >= 15 is 0 Å². The van der Waals surface area contributed by atoms with Crippen molar-refractivity contribution in [2.24, 2.45) is 0 Å². The zero-order chi connectivity index (χ0) is 13.1. The van der Waals surface area contributed by atoms with Gasteiger partial charge in [0, 0.05) is 12.3 Å². The highest BCUT2D eigenvalue weighted by Gasteiger charge is 2.27. The average Bonchev–Trinajstić information content (AvgIpc) is 2.59. The van der Waals surface area contributed by atoms with Crippen LogP contribution in [0.25, 0.3) is 0 Å². The Hall–Kier alpha value is -0.740. The van der Waals surface area contributed by atoms with E-state index in [0.29, 0.717) is 5.82 Å². The number of halogens is 3. The Morgan fingerprint density at radius 1 is 1.53 bits per heavy atom. The Morgan fingerprint density at radius 2 is 2.18 bits per heavy atom. The molecule has 1 aromatic rings. The first-order valence-corrected chi connectivity index (χ1v) is 6.89. The number of hydrogen-bond acceptors (Lipinski definition) is 4. The molecule has 0 radical (unpaired) electrons. The van der Waals surface area contributed by atoms with Gasteiger partial charge in [-0.2, -0.15) is 13.2 Å². The third kappa shape index (κ3) is 4.96. The fourth-order valence-electron chi connectivity index (χ4n) is 0.955. The van der Waals surface area contributed by atoms with E-state index in [1.807, 2.05) is 4.72 Å². The molecule has 0 spiro atoms. The number of aromatic amines is 1. The van der Waals surface area contributed by atoms with Crippen LogP contribution in [0.4, 0.5) is 13.2 Å². The molecule has 0 fully saturated rings. The van der Waals surface area contributed by atoms with E-state index in [1.54, 1.807) is 6.92 Å². The van der Waals surface area contributed by atoms with Gasteiger partial charge in [-0.05, 0) is 18.7 Å². The number of alkyl halides is 3. The second-order valence-electron chi connectivity index (χ2n) is 3.02. The first-order valence-electron chi connectivity index (χ1n) is 4.43. The van der Waals surface area contributed by atoms with Gasteiger partial charge in [0.05, 0.1) is 6.20 Å². The van der Waals surface area contributed by atoms with E-state index in [9.17, 15) is 21.6 Å². The monoisotopic (exact) mass is 289 g/mol. The van der Waals surface area contributed by atoms with Crippen LogP contribution in [0.3, 0.4) is 0 Å². The zero-order valence-corrected chi connectivity index (χ0v) is 10.3. The molecule has 1 heterocycles. The number of sulfonamides is 1. The van der Waals surface area contributed by atoms with E-state index in [1.165, 1.54) is 0 Å². The van der Waals surface area contributed by atoms with Crippen LogP contribution in [-0.2, 0) is 10.0 Å². The molecule has 98 valence electrons. The average molecular weight is 289 g/mol. The van der Waals surface area contributed by atoms with Gasteiger partial charge in [0.2, 0.25) is 0 Å². The van der Waals surface area contributed by atoms with Crippen LogP contribution in [0, 0.1) is 6.92 Å². The minimum Gasteiger partial charge on any atom is -0.332 e. The molecular weight excluding hydrogens is 279 g/mol. The SMILES string of the molecule is Cc1ncc(S(=O)(=O)NCCSC(F)(F)F)[nH]1. The molecule has 0 saturated heterocycles. The maximum Gasteiger partial charge on any atom is 0.441 e. The van der Waals surface area contributed by atoms with Gasteiger partial charge in [0.1, 0.15) is 5.82 Å². The molecule has 17 heavy (non-hydrogen) atoms. The highest BCUT2D eigenvalue weighted by atomic mass is 32.2. The van der Waals surface area contributed by atoms with Gasteiger partial charge in [0.15, 0.2) is 5.03 Å². The maximum atomic E-state index is 11.8. The topological polar surface area (TPSA) is 74.8 Å². The van der Waals surface area contributed by atoms with E-state index < -0.39 is 15.5 Å². The second-order valence-corrected chi connectivity index (χ2v) is 5.92. The Labute approximate surface area is 100 Å². The number of aromatic nitrogens is 2. The predicted octanol–water partition coefficient (Wildman–Crippen LogP) is 1.25. The van der Waals surface area contributed by atoms with E-state index in [2.05, 4.69) is 9.97 Å². The Balaban J connectivity index is 2.46. The quantitative estimate of drug-likeness (QED) is 0.800. The summed E-state index contributed by atoms with van der Waals surface area (Å²) in [6.07, 6.45) is 1.11. The standard InChI is InChI=1S/C7H10F3N3O2S2/c1-5-11-4-6(13-5)17(14,15)12-2-3-16-7(8,9)10/h4,12H,2-3H2,1H3,(H,11,13). The number of imidazole rings is 1. The largest absolute Gasteiger partial charge is 0.441 e. The number of H-pyrrole nitrogens is 1. The smallest absolute Gasteiger partial charge is 0.332 e. The second kappa shape index (κ2) is 5.27. The first-order chi connectivity index (χ1) is 7.71. The molecule has 0 aliphatic heterocycles. The van der Waals surface area contributed by atoms with E-state index in [0.717, 1.165) is 6.20 Å². The highest BCUT2D eigenvalue weighted by molar-refractivity contribution is 8.00. The van der Waals surface area contributed by atoms with Crippen LogP contribution in [0.5, 0.6) is 0 Å². The summed E-state index contributed by atoms with van der Waals surface area (Å²) in [6.45, 7) is 1.27. The highest BCUT2D eigenvalue weighted by Crippen LogP contribution is 2.29. The molecular formula is C7H10F3N3O2S2. The van der Waals surface area contributed by atoms with Crippen molar-refractivity contribution in [2.75, 3.05) is 12.3 Å². The van der Waals surface area contributed by atoms with Crippen molar-refractivity contribution < 1.29 is 21.6 Å². The molecule has 0 aromatic carbocycles. The summed E-state index contributed by atoms with van der Waals surface area (Å²) >= 11 is -0.278. The summed E-state index contributed by atoms with van der Waals surface area (Å²) in [5.74, 6) is 0.0330. The summed E-state index contributed by atoms with van der Waals surface area (Å²) in [6, 6.07) is 0. The number of hydrogen-bond donors (Lipinski definition) is 2. The van der Waals surface area contributed by atoms with Crippen molar-refractivity contribution in [3.05, 3.63) is 12.0 Å². The van der Waals surface area contributed by atoms with Gasteiger partial charge in [-0.25, -0.2) is 18.1 Å². The summed E-state index contributed by atoms with van der Waals surface area (Å²) in [7, 11) is -3.81. The minimum atomic E-state index is -4.35. The molecule has 0 aliphatic carbocycles. The Kier molecular flexibility index (Phi) is 4.44. The molecule has 0 unspecified atom stereocenters. The van der Waals surface area contributed by atoms with Gasteiger partial charge >= 0.3 is 5.51 Å². The van der Waals surface area contributed by atoms with Gasteiger partial charge in [-0.15, -0.1) is 0 Å². The minimum absolute atomic E-state index is 0.160. The number of nitrogens with zero attached hydrogens (tertiary/aromatic N) is 1. The van der Waals surface area contributed by atoms with Gasteiger partial charge < -0.3 is 4.98 Å². The fourth-order valence-corrected chi connectivity index (χ4v) is 2.52. The van der Waals surface area contributed by atoms with Crippen LogP contribution in [0.2, 0.25) is 0 Å². The maximum absolute atomic E-state index is 11.8. The zero-order valence-electron chi connectivity index (χ0n) is 8.71. The molecule has 0 aliphatic rings. The molecule has 0 bridgehead atoms. The Morgan fingerprint density at radius 3 is 2.65 bits per heavy atom. The molecule has 0 amide bonds. The molecule has 2 N–H and O–H groups in total. The summed E-state index contributed by atoms with van der Waals surface area (Å²) in [5, 5.41) is -0.160. The Bertz CT molecular complexity index is 469. The van der Waals surface area contributed by atoms with Crippen molar-refractivity contribution in [1.29, 1.82) is 0 Å². The predicted molar refractivity (Wildman–Crippen MR) is 57.0 cm³/mol. The van der Waals surface area contributed by atoms with E-state index in [4.69, 9.17) is 0 Å². The molecule has 0 saturated carbocycles. The van der Waals surface area contributed by atoms with E-state index in [-0.39, 0.29) is 29.1 Å². The summed E-state index contributed by atoms with van der Waals surface area (Å²) < 4.78 is 60.3. The normalized spacial score (nSPS) is 12.9. The summed E-state index contributed by atoms with van der Waals surface area (Å²) in [4.78, 5) is 6.17. The molecule has 1 rings (SSSR count). The van der Waals surface area contributed by atoms with Gasteiger partial charge in [-0.3, -0.25) is 0 Å². The van der Waals surface area contributed by atoms with Crippen LogP contribution in [0.15, 0.2) is 11.2 Å². The lowest BCUT2D eigenvalue weighted by atomic mass is 10.8. The molecule has 10 heteroatoms. The van der Waals surface area contributed by atoms with Crippen LogP contribution in [-0.4, -0.2) is 36.2 Å². The van der Waals surface area contributed by atoms with Crippen molar-refractivity contribution in [1.82, 2.24) is 14.7 Å². The van der Waals surface area contributed by atoms with Crippen molar-refractivity contribution in [3.8, 4) is 0 Å². The lowest BCUT2D eigenvalue weighted by Crippen LogP contribution is -2.27. The number of nitrogens with one attached hydrogen (secondary N) is 2. The van der Waals surface area contributed by atoms with Gasteiger partial charge in [-0.1, -0.05) is 0 Å². The van der Waals surface area contributed by atoms with Crippen molar-refractivity contribution >= 4 is 21.8 Å². The number of rotatable bonds is 5. The summed E-state index contributed by atoms with van der Waals surface area (Å²) in [5.41, 5.74) is -4.35. The third-order valence-electron chi connectivity index (χ3n) is 1.63. The fraction of sp³-hybridized carbons (Fsp3) is 0.571. The van der Waals surface area contributed by atoms with Crippen LogP contribution < -0.4 is 4.72 Å². The van der Waals surface area contributed by atoms with Crippen molar-refractivity contribution in [2.45, 2.75) is 17.5 Å². The first kappa shape index (κ1) is 14.3.